The molecule has 0 amide bonds. The first-order valence-electron chi connectivity index (χ1n) is 6.69. The second-order valence-corrected chi connectivity index (χ2v) is 6.58. The predicted octanol–water partition coefficient (Wildman–Crippen LogP) is 3.27. The number of ether oxygens (including phenoxy) is 1. The normalized spacial score (nSPS) is 11.3. The van der Waals surface area contributed by atoms with Crippen LogP contribution in [0.4, 0.5) is 28.9 Å². The highest BCUT2D eigenvalue weighted by atomic mass is 32.2. The lowest BCUT2D eigenvalue weighted by Gasteiger charge is -2.13. The average molecular weight is 394 g/mol. The Bertz CT molecular complexity index is 982. The minimum atomic E-state index is -5.07. The zero-order chi connectivity index (χ0) is 19.8. The summed E-state index contributed by atoms with van der Waals surface area (Å²) in [5.41, 5.74) is -2.11. The summed E-state index contributed by atoms with van der Waals surface area (Å²) < 4.78 is 85.5. The molecule has 0 heterocycles. The molecule has 12 heteroatoms. The van der Waals surface area contributed by atoms with Gasteiger partial charge in [-0.05, 0) is 19.1 Å². The van der Waals surface area contributed by atoms with Crippen molar-refractivity contribution in [2.75, 3.05) is 11.8 Å². The molecule has 0 fully saturated rings. The van der Waals surface area contributed by atoms with Crippen molar-refractivity contribution in [1.29, 1.82) is 0 Å². The van der Waals surface area contributed by atoms with E-state index in [0.717, 1.165) is 32.2 Å². The van der Waals surface area contributed by atoms with Crippen LogP contribution in [-0.2, 0) is 10.0 Å². The quantitative estimate of drug-likeness (QED) is 0.276. The van der Waals surface area contributed by atoms with Gasteiger partial charge in [-0.25, -0.2) is 26.0 Å². The second kappa shape index (κ2) is 6.78. The summed E-state index contributed by atoms with van der Waals surface area (Å²) in [5, 5.41) is 10.9. The summed E-state index contributed by atoms with van der Waals surface area (Å²) in [6, 6.07) is 2.80. The molecule has 2 aromatic carbocycles. The van der Waals surface area contributed by atoms with Crippen LogP contribution in [0.3, 0.4) is 0 Å². The smallest absolute Gasteiger partial charge is 0.312 e. The molecular weight excluding hydrogens is 384 g/mol. The van der Waals surface area contributed by atoms with Crippen LogP contribution in [0.1, 0.15) is 5.56 Å². The molecule has 0 radical (unpaired) electrons. The molecule has 0 aliphatic rings. The summed E-state index contributed by atoms with van der Waals surface area (Å²) in [6.07, 6.45) is 0. The first kappa shape index (κ1) is 19.4. The van der Waals surface area contributed by atoms with Crippen LogP contribution in [0.5, 0.6) is 5.75 Å². The molecule has 0 saturated carbocycles. The molecule has 0 aliphatic heterocycles. The van der Waals surface area contributed by atoms with E-state index >= 15 is 0 Å². The number of nitrogens with one attached hydrogen (secondary N) is 1. The zero-order valence-electron chi connectivity index (χ0n) is 13.1. The Balaban J connectivity index is 2.58. The van der Waals surface area contributed by atoms with Crippen LogP contribution >= 0.6 is 0 Å². The van der Waals surface area contributed by atoms with Gasteiger partial charge in [0.2, 0.25) is 0 Å². The Labute approximate surface area is 144 Å². The zero-order valence-corrected chi connectivity index (χ0v) is 14.0. The van der Waals surface area contributed by atoms with Crippen LogP contribution in [0.25, 0.3) is 0 Å². The number of benzene rings is 2. The second-order valence-electron chi connectivity index (χ2n) is 4.96. The van der Waals surface area contributed by atoms with E-state index in [1.54, 1.807) is 4.72 Å². The van der Waals surface area contributed by atoms with Crippen molar-refractivity contribution in [3.05, 3.63) is 57.1 Å². The van der Waals surface area contributed by atoms with Gasteiger partial charge < -0.3 is 4.74 Å². The van der Waals surface area contributed by atoms with E-state index < -0.39 is 60.0 Å². The maximum Gasteiger partial charge on any atom is 0.312 e. The number of nitro groups is 1. The molecule has 140 valence electrons. The SMILES string of the molecule is COc1ccc(NS(=O)(=O)c2c(F)c(C)c(F)c(F)c2F)cc1[N+](=O)[O-]. The summed E-state index contributed by atoms with van der Waals surface area (Å²) in [5.74, 6) is -8.29. The highest BCUT2D eigenvalue weighted by molar-refractivity contribution is 7.92. The summed E-state index contributed by atoms with van der Waals surface area (Å²) in [4.78, 5) is 8.32. The fourth-order valence-corrected chi connectivity index (χ4v) is 3.32. The third-order valence-corrected chi connectivity index (χ3v) is 4.74. The average Bonchev–Trinajstić information content (AvgIpc) is 2.57. The fourth-order valence-electron chi connectivity index (χ4n) is 2.06. The van der Waals surface area contributed by atoms with Crippen molar-refractivity contribution in [3.8, 4) is 5.75 Å². The molecule has 7 nitrogen and oxygen atoms in total. The summed E-state index contributed by atoms with van der Waals surface area (Å²) in [6.45, 7) is 0.727. The molecule has 0 unspecified atom stereocenters. The van der Waals surface area contributed by atoms with E-state index in [0.29, 0.717) is 0 Å². The van der Waals surface area contributed by atoms with Crippen molar-refractivity contribution in [3.63, 3.8) is 0 Å². The molecule has 0 saturated heterocycles. The van der Waals surface area contributed by atoms with Crippen molar-refractivity contribution < 1.29 is 35.6 Å². The molecule has 0 aromatic heterocycles. The third-order valence-electron chi connectivity index (χ3n) is 3.34. The first-order chi connectivity index (χ1) is 12.0. The molecule has 2 aromatic rings. The molecule has 26 heavy (non-hydrogen) atoms. The van der Waals surface area contributed by atoms with Crippen LogP contribution in [0.2, 0.25) is 0 Å². The lowest BCUT2D eigenvalue weighted by molar-refractivity contribution is -0.385. The highest BCUT2D eigenvalue weighted by Gasteiger charge is 2.32. The molecule has 1 N–H and O–H groups in total. The number of halogens is 4. The van der Waals surface area contributed by atoms with Crippen LogP contribution < -0.4 is 9.46 Å². The van der Waals surface area contributed by atoms with Gasteiger partial charge in [0, 0.05) is 11.6 Å². The minimum absolute atomic E-state index is 0.195. The number of hydrogen-bond acceptors (Lipinski definition) is 5. The number of rotatable bonds is 5. The molecule has 0 aliphatic carbocycles. The molecule has 0 spiro atoms. The number of hydrogen-bond donors (Lipinski definition) is 1. The van der Waals surface area contributed by atoms with Crippen LogP contribution in [0.15, 0.2) is 23.1 Å². The van der Waals surface area contributed by atoms with E-state index in [2.05, 4.69) is 0 Å². The van der Waals surface area contributed by atoms with Gasteiger partial charge in [-0.2, -0.15) is 0 Å². The lowest BCUT2D eigenvalue weighted by Crippen LogP contribution is -2.19. The maximum absolute atomic E-state index is 14.0. The summed E-state index contributed by atoms with van der Waals surface area (Å²) >= 11 is 0. The first-order valence-corrected chi connectivity index (χ1v) is 8.17. The van der Waals surface area contributed by atoms with Crippen molar-refractivity contribution in [1.82, 2.24) is 0 Å². The van der Waals surface area contributed by atoms with Crippen molar-refractivity contribution in [2.45, 2.75) is 11.8 Å². The number of methoxy groups -OCH3 is 1. The summed E-state index contributed by atoms with van der Waals surface area (Å²) in [7, 11) is -3.93. The van der Waals surface area contributed by atoms with Crippen molar-refractivity contribution in [2.24, 2.45) is 0 Å². The Morgan fingerprint density at radius 2 is 1.69 bits per heavy atom. The van der Waals surface area contributed by atoms with Crippen molar-refractivity contribution >= 4 is 21.4 Å². The van der Waals surface area contributed by atoms with Gasteiger partial charge in [0.05, 0.1) is 17.7 Å². The Hall–Kier alpha value is -2.89. The fraction of sp³-hybridized carbons (Fsp3) is 0.143. The molecule has 0 bridgehead atoms. The number of sulfonamides is 1. The largest absolute Gasteiger partial charge is 0.490 e. The topological polar surface area (TPSA) is 98.5 Å². The van der Waals surface area contributed by atoms with Gasteiger partial charge in [-0.15, -0.1) is 0 Å². The predicted molar refractivity (Wildman–Crippen MR) is 81.5 cm³/mol. The van der Waals surface area contributed by atoms with Crippen LogP contribution in [-0.4, -0.2) is 20.5 Å². The maximum atomic E-state index is 14.0. The van der Waals surface area contributed by atoms with Crippen LogP contribution in [0, 0.1) is 40.3 Å². The van der Waals surface area contributed by atoms with E-state index in [4.69, 9.17) is 4.74 Å². The molecule has 2 rings (SSSR count). The number of anilines is 1. The number of nitro benzene ring substituents is 1. The highest BCUT2D eigenvalue weighted by Crippen LogP contribution is 2.32. The lowest BCUT2D eigenvalue weighted by atomic mass is 10.2. The van der Waals surface area contributed by atoms with Gasteiger partial charge in [-0.3, -0.25) is 14.8 Å². The minimum Gasteiger partial charge on any atom is -0.490 e. The van der Waals surface area contributed by atoms with E-state index in [-0.39, 0.29) is 5.75 Å². The molecular formula is C14H10F4N2O5S. The van der Waals surface area contributed by atoms with E-state index in [9.17, 15) is 36.1 Å². The van der Waals surface area contributed by atoms with Gasteiger partial charge in [0.1, 0.15) is 0 Å². The van der Waals surface area contributed by atoms with E-state index in [1.165, 1.54) is 0 Å². The monoisotopic (exact) mass is 394 g/mol. The van der Waals surface area contributed by atoms with Gasteiger partial charge >= 0.3 is 5.69 Å². The molecule has 0 atom stereocenters. The Morgan fingerprint density at radius 3 is 2.23 bits per heavy atom. The van der Waals surface area contributed by atoms with Gasteiger partial charge in [0.25, 0.3) is 10.0 Å². The van der Waals surface area contributed by atoms with Gasteiger partial charge in [0.15, 0.2) is 33.9 Å². The van der Waals surface area contributed by atoms with E-state index in [1.807, 2.05) is 0 Å². The standard InChI is InChI=1S/C14H10F4N2O5S/c1-6-10(15)12(17)13(18)14(11(6)16)26(23,24)19-7-3-4-9(25-2)8(5-7)20(21)22/h3-5,19H,1-2H3. The number of nitrogens with zero attached hydrogens (tertiary/aromatic N) is 1. The third kappa shape index (κ3) is 3.27. The Morgan fingerprint density at radius 1 is 1.08 bits per heavy atom. The Kier molecular flexibility index (Phi) is 5.07. The van der Waals surface area contributed by atoms with Gasteiger partial charge in [-0.1, -0.05) is 0 Å².